The van der Waals surface area contributed by atoms with Gasteiger partial charge in [-0.3, -0.25) is 0 Å². The summed E-state index contributed by atoms with van der Waals surface area (Å²) < 4.78 is 5.85. The molecular weight excluding hydrogens is 166 g/mol. The highest BCUT2D eigenvalue weighted by molar-refractivity contribution is 5.16. The Morgan fingerprint density at radius 1 is 1.62 bits per heavy atom. The summed E-state index contributed by atoms with van der Waals surface area (Å²) in [6.45, 7) is 0.858. The zero-order chi connectivity index (χ0) is 9.47. The van der Waals surface area contributed by atoms with Crippen LogP contribution in [0.15, 0.2) is 12.2 Å². The third-order valence-corrected chi connectivity index (χ3v) is 2.67. The molecule has 0 spiro atoms. The van der Waals surface area contributed by atoms with E-state index in [-0.39, 0.29) is 17.8 Å². The van der Waals surface area contributed by atoms with Crippen molar-refractivity contribution in [2.24, 2.45) is 0 Å². The van der Waals surface area contributed by atoms with E-state index in [0.717, 1.165) is 19.4 Å². The van der Waals surface area contributed by atoms with Crippen LogP contribution in [0.25, 0.3) is 0 Å². The number of likely N-dealkylation sites (N-methyl/N-ethyl adjacent to an activating group) is 1. The molecule has 3 unspecified atom stereocenters. The molecule has 3 heteroatoms. The molecule has 0 aliphatic carbocycles. The molecule has 0 radical (unpaired) electrons. The second-order valence-corrected chi connectivity index (χ2v) is 4.41. The third-order valence-electron chi connectivity index (χ3n) is 2.67. The lowest BCUT2D eigenvalue weighted by molar-refractivity contribution is -0.111. The zero-order valence-electron chi connectivity index (χ0n) is 8.23. The summed E-state index contributed by atoms with van der Waals surface area (Å²) >= 11 is 0. The van der Waals surface area contributed by atoms with Gasteiger partial charge in [0.15, 0.2) is 0 Å². The standard InChI is InChI=1S/C10H17NO2/c1-11(2)7-10-4-3-9(13-10)5-8(12)6-10/h3-4,8-9,12H,5-7H2,1-2H3. The van der Waals surface area contributed by atoms with Crippen molar-refractivity contribution in [2.45, 2.75) is 30.7 Å². The van der Waals surface area contributed by atoms with E-state index in [9.17, 15) is 5.11 Å². The van der Waals surface area contributed by atoms with Crippen molar-refractivity contribution in [3.05, 3.63) is 12.2 Å². The fourth-order valence-electron chi connectivity index (χ4n) is 2.35. The molecule has 74 valence electrons. The van der Waals surface area contributed by atoms with E-state index in [4.69, 9.17) is 4.74 Å². The molecule has 0 saturated carbocycles. The van der Waals surface area contributed by atoms with E-state index >= 15 is 0 Å². The van der Waals surface area contributed by atoms with Gasteiger partial charge in [0.05, 0.1) is 12.2 Å². The van der Waals surface area contributed by atoms with Crippen LogP contribution in [0.5, 0.6) is 0 Å². The molecule has 2 aliphatic heterocycles. The maximum atomic E-state index is 9.63. The molecule has 0 amide bonds. The minimum atomic E-state index is -0.216. The molecule has 2 rings (SSSR count). The van der Waals surface area contributed by atoms with E-state index in [1.165, 1.54) is 0 Å². The number of aliphatic hydroxyl groups is 1. The maximum absolute atomic E-state index is 9.63. The molecule has 2 heterocycles. The van der Waals surface area contributed by atoms with Gasteiger partial charge in [-0.1, -0.05) is 12.2 Å². The second-order valence-electron chi connectivity index (χ2n) is 4.41. The lowest BCUT2D eigenvalue weighted by atomic mass is 9.93. The molecule has 13 heavy (non-hydrogen) atoms. The first-order valence-electron chi connectivity index (χ1n) is 4.80. The lowest BCUT2D eigenvalue weighted by Gasteiger charge is -2.37. The molecule has 2 bridgehead atoms. The summed E-state index contributed by atoms with van der Waals surface area (Å²) in [5.74, 6) is 0. The number of ether oxygens (including phenoxy) is 1. The van der Waals surface area contributed by atoms with Gasteiger partial charge >= 0.3 is 0 Å². The average molecular weight is 183 g/mol. The highest BCUT2D eigenvalue weighted by Crippen LogP contribution is 2.36. The summed E-state index contributed by atoms with van der Waals surface area (Å²) in [5.41, 5.74) is -0.216. The molecule has 0 aromatic carbocycles. The highest BCUT2D eigenvalue weighted by Gasteiger charge is 2.42. The Kier molecular flexibility index (Phi) is 2.18. The molecule has 3 atom stereocenters. The number of hydrogen-bond acceptors (Lipinski definition) is 3. The van der Waals surface area contributed by atoms with Crippen LogP contribution >= 0.6 is 0 Å². The Morgan fingerprint density at radius 3 is 3.08 bits per heavy atom. The number of fused-ring (bicyclic) bond motifs is 2. The van der Waals surface area contributed by atoms with Gasteiger partial charge in [-0.05, 0) is 14.1 Å². The molecule has 0 aromatic heterocycles. The summed E-state index contributed by atoms with van der Waals surface area (Å²) in [4.78, 5) is 2.10. The van der Waals surface area contributed by atoms with Gasteiger partial charge in [0.1, 0.15) is 5.60 Å². The number of aliphatic hydroxyl groups excluding tert-OH is 1. The number of rotatable bonds is 2. The fraction of sp³-hybridized carbons (Fsp3) is 0.800. The van der Waals surface area contributed by atoms with Gasteiger partial charge in [0.25, 0.3) is 0 Å². The number of nitrogens with zero attached hydrogens (tertiary/aromatic N) is 1. The summed E-state index contributed by atoms with van der Waals surface area (Å²) in [6.07, 6.45) is 5.63. The van der Waals surface area contributed by atoms with Gasteiger partial charge < -0.3 is 14.7 Å². The van der Waals surface area contributed by atoms with Crippen molar-refractivity contribution in [3.63, 3.8) is 0 Å². The van der Waals surface area contributed by atoms with Gasteiger partial charge in [-0.15, -0.1) is 0 Å². The van der Waals surface area contributed by atoms with Crippen LogP contribution in [-0.2, 0) is 4.74 Å². The van der Waals surface area contributed by atoms with E-state index in [2.05, 4.69) is 17.1 Å². The predicted octanol–water partition coefficient (Wildman–Crippen LogP) is 0.396. The third kappa shape index (κ3) is 1.77. The molecule has 1 N–H and O–H groups in total. The Balaban J connectivity index is 2.09. The van der Waals surface area contributed by atoms with Gasteiger partial charge in [-0.25, -0.2) is 0 Å². The normalized spacial score (nSPS) is 43.1. The first-order valence-corrected chi connectivity index (χ1v) is 4.80. The largest absolute Gasteiger partial charge is 0.393 e. The van der Waals surface area contributed by atoms with Crippen LogP contribution < -0.4 is 0 Å². The lowest BCUT2D eigenvalue weighted by Crippen LogP contribution is -2.46. The Bertz CT molecular complexity index is 223. The molecule has 1 saturated heterocycles. The van der Waals surface area contributed by atoms with Gasteiger partial charge in [0, 0.05) is 19.4 Å². The molecule has 2 aliphatic rings. The van der Waals surface area contributed by atoms with E-state index < -0.39 is 0 Å². The van der Waals surface area contributed by atoms with E-state index in [1.54, 1.807) is 0 Å². The SMILES string of the molecule is CN(C)CC12C=CC(CC(O)C1)O2. The van der Waals surface area contributed by atoms with Crippen LogP contribution in [0, 0.1) is 0 Å². The number of hydrogen-bond donors (Lipinski definition) is 1. The van der Waals surface area contributed by atoms with Crippen molar-refractivity contribution in [1.29, 1.82) is 0 Å². The van der Waals surface area contributed by atoms with Crippen molar-refractivity contribution in [3.8, 4) is 0 Å². The monoisotopic (exact) mass is 183 g/mol. The first-order chi connectivity index (χ1) is 6.10. The quantitative estimate of drug-likeness (QED) is 0.629. The van der Waals surface area contributed by atoms with Crippen molar-refractivity contribution < 1.29 is 9.84 Å². The predicted molar refractivity (Wildman–Crippen MR) is 50.5 cm³/mol. The van der Waals surface area contributed by atoms with Crippen LogP contribution in [-0.4, -0.2) is 48.5 Å². The summed E-state index contributed by atoms with van der Waals surface area (Å²) in [6, 6.07) is 0. The molecular formula is C10H17NO2. The summed E-state index contributed by atoms with van der Waals surface area (Å²) in [5, 5.41) is 9.63. The Morgan fingerprint density at radius 2 is 2.38 bits per heavy atom. The van der Waals surface area contributed by atoms with Crippen molar-refractivity contribution in [1.82, 2.24) is 4.90 Å². The molecule has 1 fully saturated rings. The van der Waals surface area contributed by atoms with Crippen molar-refractivity contribution >= 4 is 0 Å². The second kappa shape index (κ2) is 3.08. The van der Waals surface area contributed by atoms with E-state index in [1.807, 2.05) is 14.1 Å². The van der Waals surface area contributed by atoms with Crippen molar-refractivity contribution in [2.75, 3.05) is 20.6 Å². The average Bonchev–Trinajstić information content (AvgIpc) is 2.24. The minimum Gasteiger partial charge on any atom is -0.393 e. The highest BCUT2D eigenvalue weighted by atomic mass is 16.5. The molecule has 3 nitrogen and oxygen atoms in total. The van der Waals surface area contributed by atoms with Gasteiger partial charge in [-0.2, -0.15) is 0 Å². The fourth-order valence-corrected chi connectivity index (χ4v) is 2.35. The first kappa shape index (κ1) is 9.19. The zero-order valence-corrected chi connectivity index (χ0v) is 8.23. The minimum absolute atomic E-state index is 0.142. The van der Waals surface area contributed by atoms with Gasteiger partial charge in [0.2, 0.25) is 0 Å². The van der Waals surface area contributed by atoms with Crippen LogP contribution in [0.2, 0.25) is 0 Å². The molecule has 0 aromatic rings. The smallest absolute Gasteiger partial charge is 0.102 e. The summed E-state index contributed by atoms with van der Waals surface area (Å²) in [7, 11) is 4.06. The van der Waals surface area contributed by atoms with Crippen LogP contribution in [0.1, 0.15) is 12.8 Å². The van der Waals surface area contributed by atoms with E-state index in [0.29, 0.717) is 0 Å². The topological polar surface area (TPSA) is 32.7 Å². The van der Waals surface area contributed by atoms with Crippen LogP contribution in [0.4, 0.5) is 0 Å². The maximum Gasteiger partial charge on any atom is 0.102 e. The Hall–Kier alpha value is -0.380. The van der Waals surface area contributed by atoms with Crippen LogP contribution in [0.3, 0.4) is 0 Å². The Labute approximate surface area is 79.0 Å².